The summed E-state index contributed by atoms with van der Waals surface area (Å²) in [5.74, 6) is -0.318. The minimum Gasteiger partial charge on any atom is -0.460 e. The first kappa shape index (κ1) is 14.7. The lowest BCUT2D eigenvalue weighted by Crippen LogP contribution is -2.26. The zero-order chi connectivity index (χ0) is 13.6. The Hall–Kier alpha value is -1.36. The van der Waals surface area contributed by atoms with Gasteiger partial charge in [0.05, 0.1) is 4.88 Å². The highest BCUT2D eigenvalue weighted by Gasteiger charge is 2.15. The van der Waals surface area contributed by atoms with Crippen molar-refractivity contribution in [1.82, 2.24) is 5.32 Å². The van der Waals surface area contributed by atoms with Crippen molar-refractivity contribution in [2.75, 3.05) is 6.54 Å². The molecule has 0 fully saturated rings. The smallest absolute Gasteiger partial charge is 0.306 e. The number of carbonyl (C=O) groups excluding carboxylic acids is 2. The Morgan fingerprint density at radius 2 is 2.11 bits per heavy atom. The molecule has 1 heterocycles. The summed E-state index contributed by atoms with van der Waals surface area (Å²) in [7, 11) is 0. The summed E-state index contributed by atoms with van der Waals surface area (Å²) < 4.78 is 5.17. The molecule has 1 N–H and O–H groups in total. The van der Waals surface area contributed by atoms with Gasteiger partial charge in [0.25, 0.3) is 5.91 Å². The normalized spacial score (nSPS) is 11.1. The molecule has 0 aliphatic rings. The number of ether oxygens (including phenoxy) is 1. The number of nitrogens with one attached hydrogen (secondary N) is 1. The molecule has 0 saturated carbocycles. The second-order valence-electron chi connectivity index (χ2n) is 4.92. The first-order valence-corrected chi connectivity index (χ1v) is 6.80. The Kier molecular flexibility index (Phi) is 5.34. The molecule has 0 aliphatic heterocycles. The lowest BCUT2D eigenvalue weighted by Gasteiger charge is -2.19. The van der Waals surface area contributed by atoms with Crippen LogP contribution in [-0.4, -0.2) is 24.0 Å². The Morgan fingerprint density at radius 3 is 2.67 bits per heavy atom. The average Bonchev–Trinajstić information content (AvgIpc) is 2.74. The van der Waals surface area contributed by atoms with Gasteiger partial charge in [-0.25, -0.2) is 0 Å². The van der Waals surface area contributed by atoms with Crippen molar-refractivity contribution in [3.05, 3.63) is 22.4 Å². The van der Waals surface area contributed by atoms with Crippen molar-refractivity contribution in [3.8, 4) is 0 Å². The molecule has 1 rings (SSSR count). The van der Waals surface area contributed by atoms with Gasteiger partial charge in [-0.3, -0.25) is 9.59 Å². The van der Waals surface area contributed by atoms with E-state index in [1.54, 1.807) is 6.07 Å². The third-order valence-corrected chi connectivity index (χ3v) is 2.88. The number of esters is 1. The van der Waals surface area contributed by atoms with Crippen LogP contribution in [0.25, 0.3) is 0 Å². The van der Waals surface area contributed by atoms with Gasteiger partial charge in [0.15, 0.2) is 0 Å². The molecular weight excluding hydrogens is 250 g/mol. The number of rotatable bonds is 5. The molecule has 4 nitrogen and oxygen atoms in total. The van der Waals surface area contributed by atoms with Crippen LogP contribution in [0.2, 0.25) is 0 Å². The van der Waals surface area contributed by atoms with E-state index in [0.717, 1.165) is 0 Å². The molecule has 0 radical (unpaired) electrons. The molecule has 1 aromatic rings. The van der Waals surface area contributed by atoms with Gasteiger partial charge in [-0.1, -0.05) is 6.07 Å². The molecule has 0 spiro atoms. The van der Waals surface area contributed by atoms with E-state index in [4.69, 9.17) is 4.74 Å². The molecule has 0 bridgehead atoms. The second kappa shape index (κ2) is 6.54. The van der Waals surface area contributed by atoms with E-state index in [-0.39, 0.29) is 11.9 Å². The summed E-state index contributed by atoms with van der Waals surface area (Å²) in [5, 5.41) is 4.62. The van der Waals surface area contributed by atoms with Gasteiger partial charge in [-0.2, -0.15) is 0 Å². The zero-order valence-corrected chi connectivity index (χ0v) is 11.8. The largest absolute Gasteiger partial charge is 0.460 e. The van der Waals surface area contributed by atoms with Crippen LogP contribution in [-0.2, 0) is 9.53 Å². The van der Waals surface area contributed by atoms with Crippen LogP contribution in [0.3, 0.4) is 0 Å². The summed E-state index contributed by atoms with van der Waals surface area (Å²) in [6.07, 6.45) is 0.911. The Bertz CT molecular complexity index is 393. The maximum atomic E-state index is 11.6. The number of thiophene rings is 1. The fraction of sp³-hybridized carbons (Fsp3) is 0.538. The van der Waals surface area contributed by atoms with Gasteiger partial charge in [0.2, 0.25) is 0 Å². The molecule has 1 amide bonds. The van der Waals surface area contributed by atoms with Crippen molar-refractivity contribution in [1.29, 1.82) is 0 Å². The predicted octanol–water partition coefficient (Wildman–Crippen LogP) is 2.60. The minimum absolute atomic E-state index is 0.0887. The lowest BCUT2D eigenvalue weighted by atomic mass is 10.2. The van der Waals surface area contributed by atoms with Crippen molar-refractivity contribution in [3.63, 3.8) is 0 Å². The van der Waals surface area contributed by atoms with Gasteiger partial charge >= 0.3 is 5.97 Å². The number of amides is 1. The topological polar surface area (TPSA) is 55.4 Å². The van der Waals surface area contributed by atoms with E-state index in [2.05, 4.69) is 5.32 Å². The Balaban J connectivity index is 2.16. The SMILES string of the molecule is CC(C)(C)OC(=O)CCCNC(=O)c1cccs1. The van der Waals surface area contributed by atoms with Gasteiger partial charge in [0.1, 0.15) is 5.60 Å². The van der Waals surface area contributed by atoms with Crippen molar-refractivity contribution >= 4 is 23.2 Å². The summed E-state index contributed by atoms with van der Waals surface area (Å²) in [6, 6.07) is 3.61. The van der Waals surface area contributed by atoms with Crippen molar-refractivity contribution in [2.45, 2.75) is 39.2 Å². The van der Waals surface area contributed by atoms with Crippen LogP contribution in [0.1, 0.15) is 43.3 Å². The molecule has 0 saturated heterocycles. The summed E-state index contributed by atoms with van der Waals surface area (Å²) in [6.45, 7) is 5.99. The maximum absolute atomic E-state index is 11.6. The predicted molar refractivity (Wildman–Crippen MR) is 71.7 cm³/mol. The molecule has 18 heavy (non-hydrogen) atoms. The Morgan fingerprint density at radius 1 is 1.39 bits per heavy atom. The third kappa shape index (κ3) is 5.82. The summed E-state index contributed by atoms with van der Waals surface area (Å²) in [4.78, 5) is 23.6. The van der Waals surface area contributed by atoms with Crippen LogP contribution in [0.4, 0.5) is 0 Å². The van der Waals surface area contributed by atoms with Gasteiger partial charge in [-0.15, -0.1) is 11.3 Å². The highest BCUT2D eigenvalue weighted by Crippen LogP contribution is 2.09. The second-order valence-corrected chi connectivity index (χ2v) is 5.87. The van der Waals surface area contributed by atoms with E-state index >= 15 is 0 Å². The van der Waals surface area contributed by atoms with E-state index in [1.165, 1.54) is 11.3 Å². The molecule has 0 aliphatic carbocycles. The van der Waals surface area contributed by atoms with E-state index in [1.807, 2.05) is 32.2 Å². The first-order valence-electron chi connectivity index (χ1n) is 5.92. The van der Waals surface area contributed by atoms with Crippen LogP contribution < -0.4 is 5.32 Å². The van der Waals surface area contributed by atoms with Crippen LogP contribution in [0.5, 0.6) is 0 Å². The van der Waals surface area contributed by atoms with Crippen LogP contribution in [0.15, 0.2) is 17.5 Å². The maximum Gasteiger partial charge on any atom is 0.306 e. The van der Waals surface area contributed by atoms with Crippen LogP contribution in [0, 0.1) is 0 Å². The van der Waals surface area contributed by atoms with Crippen molar-refractivity contribution in [2.24, 2.45) is 0 Å². The number of carbonyl (C=O) groups is 2. The quantitative estimate of drug-likeness (QED) is 0.660. The van der Waals surface area contributed by atoms with Crippen molar-refractivity contribution < 1.29 is 14.3 Å². The molecular formula is C13H19NO3S. The van der Waals surface area contributed by atoms with Gasteiger partial charge in [0, 0.05) is 13.0 Å². The fourth-order valence-electron chi connectivity index (χ4n) is 1.32. The highest BCUT2D eigenvalue weighted by molar-refractivity contribution is 7.12. The zero-order valence-electron chi connectivity index (χ0n) is 11.0. The third-order valence-electron chi connectivity index (χ3n) is 2.01. The molecule has 0 aromatic carbocycles. The minimum atomic E-state index is -0.447. The van der Waals surface area contributed by atoms with Crippen LogP contribution >= 0.6 is 11.3 Å². The number of hydrogen-bond donors (Lipinski definition) is 1. The Labute approximate surface area is 111 Å². The van der Waals surface area contributed by atoms with E-state index in [9.17, 15) is 9.59 Å². The fourth-order valence-corrected chi connectivity index (χ4v) is 1.96. The monoisotopic (exact) mass is 269 g/mol. The molecule has 0 atom stereocenters. The van der Waals surface area contributed by atoms with Gasteiger partial charge < -0.3 is 10.1 Å². The highest BCUT2D eigenvalue weighted by atomic mass is 32.1. The molecule has 1 aromatic heterocycles. The molecule has 0 unspecified atom stereocenters. The van der Waals surface area contributed by atoms with E-state index < -0.39 is 5.60 Å². The van der Waals surface area contributed by atoms with Gasteiger partial charge in [-0.05, 0) is 38.6 Å². The molecule has 100 valence electrons. The first-order chi connectivity index (χ1) is 8.38. The summed E-state index contributed by atoms with van der Waals surface area (Å²) >= 11 is 1.40. The summed E-state index contributed by atoms with van der Waals surface area (Å²) in [5.41, 5.74) is -0.447. The lowest BCUT2D eigenvalue weighted by molar-refractivity contribution is -0.154. The molecule has 5 heteroatoms. The van der Waals surface area contributed by atoms with E-state index in [0.29, 0.717) is 24.3 Å². The standard InChI is InChI=1S/C13H19NO3S/c1-13(2,3)17-11(15)7-4-8-14-12(16)10-6-5-9-18-10/h5-6,9H,4,7-8H2,1-3H3,(H,14,16). The number of hydrogen-bond acceptors (Lipinski definition) is 4. The average molecular weight is 269 g/mol.